The highest BCUT2D eigenvalue weighted by Gasteiger charge is 2.21. The Bertz CT molecular complexity index is 672. The van der Waals surface area contributed by atoms with Gasteiger partial charge in [-0.05, 0) is 43.0 Å². The Labute approximate surface area is 136 Å². The number of rotatable bonds is 4. The molecule has 2 heterocycles. The third kappa shape index (κ3) is 3.40. The molecular weight excluding hydrogens is 290 g/mol. The van der Waals surface area contributed by atoms with Crippen LogP contribution in [0.3, 0.4) is 0 Å². The number of anilines is 2. The third-order valence-electron chi connectivity index (χ3n) is 4.54. The highest BCUT2D eigenvalue weighted by atomic mass is 16.3. The lowest BCUT2D eigenvalue weighted by Crippen LogP contribution is -2.35. The highest BCUT2D eigenvalue weighted by Crippen LogP contribution is 2.30. The fraction of sp³-hybridized carbons (Fsp3) is 0.389. The Balaban J connectivity index is 1.76. The molecule has 2 aromatic rings. The van der Waals surface area contributed by atoms with Gasteiger partial charge in [0.05, 0.1) is 11.4 Å². The first-order valence-corrected chi connectivity index (χ1v) is 8.06. The van der Waals surface area contributed by atoms with E-state index in [0.717, 1.165) is 37.3 Å². The van der Waals surface area contributed by atoms with Gasteiger partial charge < -0.3 is 19.9 Å². The smallest absolute Gasteiger partial charge is 0.272 e. The molecule has 1 aliphatic heterocycles. The van der Waals surface area contributed by atoms with E-state index in [4.69, 9.17) is 0 Å². The van der Waals surface area contributed by atoms with Crippen LogP contribution in [0.1, 0.15) is 23.3 Å². The first kappa shape index (κ1) is 15.6. The largest absolute Gasteiger partial charge is 0.396 e. The van der Waals surface area contributed by atoms with Crippen LogP contribution >= 0.6 is 0 Å². The number of benzene rings is 1. The van der Waals surface area contributed by atoms with Gasteiger partial charge in [-0.25, -0.2) is 0 Å². The quantitative estimate of drug-likeness (QED) is 0.912. The summed E-state index contributed by atoms with van der Waals surface area (Å²) < 4.78 is 1.81. The number of aromatic nitrogens is 1. The minimum atomic E-state index is -0.102. The Morgan fingerprint density at radius 1 is 1.22 bits per heavy atom. The molecular formula is C18H23N3O2. The van der Waals surface area contributed by atoms with Crippen LogP contribution in [0.4, 0.5) is 11.4 Å². The van der Waals surface area contributed by atoms with E-state index in [1.165, 1.54) is 0 Å². The second-order valence-electron chi connectivity index (χ2n) is 6.09. The van der Waals surface area contributed by atoms with Gasteiger partial charge in [0.2, 0.25) is 0 Å². The van der Waals surface area contributed by atoms with E-state index in [9.17, 15) is 9.90 Å². The molecule has 3 rings (SSSR count). The van der Waals surface area contributed by atoms with Gasteiger partial charge in [-0.3, -0.25) is 4.79 Å². The normalized spacial score (nSPS) is 15.7. The monoisotopic (exact) mass is 313 g/mol. The molecule has 0 atom stereocenters. The molecule has 1 saturated heterocycles. The van der Waals surface area contributed by atoms with Gasteiger partial charge in [0.25, 0.3) is 5.91 Å². The minimum Gasteiger partial charge on any atom is -0.396 e. The van der Waals surface area contributed by atoms with Gasteiger partial charge in [-0.15, -0.1) is 0 Å². The maximum absolute atomic E-state index is 12.4. The molecule has 122 valence electrons. The SMILES string of the molecule is Cn1cccc1C(=O)Nc1ccccc1N1CCC(CO)CC1. The van der Waals surface area contributed by atoms with Gasteiger partial charge in [0.1, 0.15) is 5.69 Å². The number of amides is 1. The maximum atomic E-state index is 12.4. The molecule has 0 saturated carbocycles. The number of aliphatic hydroxyl groups excluding tert-OH is 1. The Morgan fingerprint density at radius 2 is 1.96 bits per heavy atom. The number of hydrogen-bond donors (Lipinski definition) is 2. The lowest BCUT2D eigenvalue weighted by Gasteiger charge is -2.34. The molecule has 1 aliphatic rings. The summed E-state index contributed by atoms with van der Waals surface area (Å²) in [6, 6.07) is 11.6. The van der Waals surface area contributed by atoms with Crippen molar-refractivity contribution in [2.75, 3.05) is 29.9 Å². The van der Waals surface area contributed by atoms with Gasteiger partial charge in [0, 0.05) is 32.9 Å². The van der Waals surface area contributed by atoms with Gasteiger partial charge in [0.15, 0.2) is 0 Å². The van der Waals surface area contributed by atoms with E-state index in [1.807, 2.05) is 54.2 Å². The molecule has 2 N–H and O–H groups in total. The number of aliphatic hydroxyl groups is 1. The number of carbonyl (C=O) groups excluding carboxylic acids is 1. The van der Waals surface area contributed by atoms with Crippen LogP contribution in [-0.4, -0.2) is 35.3 Å². The molecule has 0 unspecified atom stereocenters. The van der Waals surface area contributed by atoms with E-state index in [0.29, 0.717) is 11.6 Å². The summed E-state index contributed by atoms with van der Waals surface area (Å²) in [4.78, 5) is 14.7. The van der Waals surface area contributed by atoms with Crippen molar-refractivity contribution in [2.24, 2.45) is 13.0 Å². The summed E-state index contributed by atoms with van der Waals surface area (Å²) in [5.41, 5.74) is 2.52. The summed E-state index contributed by atoms with van der Waals surface area (Å²) in [5.74, 6) is 0.298. The summed E-state index contributed by atoms with van der Waals surface area (Å²) in [5, 5.41) is 12.3. The average Bonchev–Trinajstić information content (AvgIpc) is 3.02. The van der Waals surface area contributed by atoms with Crippen molar-refractivity contribution in [1.29, 1.82) is 0 Å². The number of para-hydroxylation sites is 2. The topological polar surface area (TPSA) is 57.5 Å². The van der Waals surface area contributed by atoms with Crippen molar-refractivity contribution in [2.45, 2.75) is 12.8 Å². The molecule has 1 aromatic heterocycles. The van der Waals surface area contributed by atoms with E-state index in [2.05, 4.69) is 10.2 Å². The number of piperidine rings is 1. The molecule has 0 radical (unpaired) electrons. The first-order valence-electron chi connectivity index (χ1n) is 8.06. The standard InChI is InChI=1S/C18H23N3O2/c1-20-10-4-7-17(20)18(23)19-15-5-2-3-6-16(15)21-11-8-14(13-22)9-12-21/h2-7,10,14,22H,8-9,11-13H2,1H3,(H,19,23). The average molecular weight is 313 g/mol. The Hall–Kier alpha value is -2.27. The molecule has 1 fully saturated rings. The summed E-state index contributed by atoms with van der Waals surface area (Å²) in [6.07, 6.45) is 3.83. The van der Waals surface area contributed by atoms with Crippen molar-refractivity contribution in [3.8, 4) is 0 Å². The molecule has 1 amide bonds. The van der Waals surface area contributed by atoms with E-state index in [1.54, 1.807) is 0 Å². The van der Waals surface area contributed by atoms with E-state index >= 15 is 0 Å². The predicted octanol–water partition coefficient (Wildman–Crippen LogP) is 2.49. The van der Waals surface area contributed by atoms with Crippen LogP contribution in [0.2, 0.25) is 0 Å². The van der Waals surface area contributed by atoms with E-state index < -0.39 is 0 Å². The second kappa shape index (κ2) is 6.87. The molecule has 1 aromatic carbocycles. The van der Waals surface area contributed by atoms with Crippen molar-refractivity contribution in [3.63, 3.8) is 0 Å². The lowest BCUT2D eigenvalue weighted by atomic mass is 9.97. The van der Waals surface area contributed by atoms with E-state index in [-0.39, 0.29) is 12.5 Å². The first-order chi connectivity index (χ1) is 11.2. The van der Waals surface area contributed by atoms with Crippen molar-refractivity contribution in [1.82, 2.24) is 4.57 Å². The Morgan fingerprint density at radius 3 is 2.61 bits per heavy atom. The molecule has 0 aliphatic carbocycles. The number of hydrogen-bond acceptors (Lipinski definition) is 3. The third-order valence-corrected chi connectivity index (χ3v) is 4.54. The van der Waals surface area contributed by atoms with Crippen molar-refractivity contribution in [3.05, 3.63) is 48.3 Å². The summed E-state index contributed by atoms with van der Waals surface area (Å²) >= 11 is 0. The Kier molecular flexibility index (Phi) is 4.67. The fourth-order valence-electron chi connectivity index (χ4n) is 3.09. The minimum absolute atomic E-state index is 0.102. The van der Waals surface area contributed by atoms with Crippen LogP contribution < -0.4 is 10.2 Å². The van der Waals surface area contributed by atoms with Crippen LogP contribution in [0.25, 0.3) is 0 Å². The summed E-state index contributed by atoms with van der Waals surface area (Å²) in [6.45, 7) is 2.07. The van der Waals surface area contributed by atoms with Crippen molar-refractivity contribution >= 4 is 17.3 Å². The molecule has 5 nitrogen and oxygen atoms in total. The van der Waals surface area contributed by atoms with Crippen LogP contribution in [0.5, 0.6) is 0 Å². The zero-order valence-electron chi connectivity index (χ0n) is 13.4. The van der Waals surface area contributed by atoms with Gasteiger partial charge >= 0.3 is 0 Å². The molecule has 0 bridgehead atoms. The predicted molar refractivity (Wildman–Crippen MR) is 91.8 cm³/mol. The van der Waals surface area contributed by atoms with Gasteiger partial charge in [-0.1, -0.05) is 12.1 Å². The second-order valence-corrected chi connectivity index (χ2v) is 6.09. The van der Waals surface area contributed by atoms with Gasteiger partial charge in [-0.2, -0.15) is 0 Å². The number of nitrogens with one attached hydrogen (secondary N) is 1. The maximum Gasteiger partial charge on any atom is 0.272 e. The molecule has 0 spiro atoms. The van der Waals surface area contributed by atoms with Crippen LogP contribution in [0, 0.1) is 5.92 Å². The number of nitrogens with zero attached hydrogens (tertiary/aromatic N) is 2. The van der Waals surface area contributed by atoms with Crippen molar-refractivity contribution < 1.29 is 9.90 Å². The zero-order chi connectivity index (χ0) is 16.2. The number of carbonyl (C=O) groups is 1. The van der Waals surface area contributed by atoms with Crippen LogP contribution in [-0.2, 0) is 7.05 Å². The number of aryl methyl sites for hydroxylation is 1. The molecule has 23 heavy (non-hydrogen) atoms. The van der Waals surface area contributed by atoms with Crippen LogP contribution in [0.15, 0.2) is 42.6 Å². The fourth-order valence-corrected chi connectivity index (χ4v) is 3.09. The molecule has 5 heteroatoms. The summed E-state index contributed by atoms with van der Waals surface area (Å²) in [7, 11) is 1.86. The zero-order valence-corrected chi connectivity index (χ0v) is 13.4. The lowest BCUT2D eigenvalue weighted by molar-refractivity contribution is 0.101. The highest BCUT2D eigenvalue weighted by molar-refractivity contribution is 6.05.